The lowest BCUT2D eigenvalue weighted by Crippen LogP contribution is -2.03. The highest BCUT2D eigenvalue weighted by Gasteiger charge is 2.08. The zero-order valence-electron chi connectivity index (χ0n) is 7.40. The Morgan fingerprint density at radius 2 is 2.23 bits per heavy atom. The van der Waals surface area contributed by atoms with Gasteiger partial charge in [-0.15, -0.1) is 5.10 Å². The molecule has 0 aliphatic heterocycles. The normalized spacial score (nSPS) is 11.4. The van der Waals surface area contributed by atoms with E-state index in [1.807, 2.05) is 13.8 Å². The molecule has 0 saturated carbocycles. The second-order valence-corrected chi connectivity index (χ2v) is 3.12. The van der Waals surface area contributed by atoms with Crippen LogP contribution < -0.4 is 0 Å². The summed E-state index contributed by atoms with van der Waals surface area (Å²) in [5, 5.41) is 7.68. The summed E-state index contributed by atoms with van der Waals surface area (Å²) in [6.45, 7) is 3.94. The quantitative estimate of drug-likeness (QED) is 0.668. The highest BCUT2D eigenvalue weighted by Crippen LogP contribution is 2.12. The molecule has 2 aromatic heterocycles. The number of hydrogen-bond acceptors (Lipinski definition) is 3. The van der Waals surface area contributed by atoms with Crippen LogP contribution in [0.1, 0.15) is 19.9 Å². The lowest BCUT2D eigenvalue weighted by molar-refractivity contribution is 0.526. The van der Waals surface area contributed by atoms with Gasteiger partial charge in [0.2, 0.25) is 0 Å². The van der Waals surface area contributed by atoms with Crippen molar-refractivity contribution in [3.05, 3.63) is 18.1 Å². The number of halogens is 1. The monoisotopic (exact) mass is 180 g/mol. The molecule has 13 heavy (non-hydrogen) atoms. The maximum absolute atomic E-state index is 12.7. The lowest BCUT2D eigenvalue weighted by atomic mass is 10.4. The summed E-state index contributed by atoms with van der Waals surface area (Å²) in [5.74, 6) is -0.386. The fourth-order valence-corrected chi connectivity index (χ4v) is 1.16. The van der Waals surface area contributed by atoms with Crippen molar-refractivity contribution >= 4 is 11.2 Å². The number of aromatic nitrogens is 4. The Bertz CT molecular complexity index is 435. The predicted octanol–water partition coefficient (Wildman–Crippen LogP) is 1.55. The van der Waals surface area contributed by atoms with Gasteiger partial charge in [0.15, 0.2) is 5.65 Å². The molecule has 0 aromatic carbocycles. The molecular formula is C8H9FN4. The van der Waals surface area contributed by atoms with Crippen molar-refractivity contribution in [1.29, 1.82) is 0 Å². The van der Waals surface area contributed by atoms with Gasteiger partial charge in [-0.25, -0.2) is 14.1 Å². The summed E-state index contributed by atoms with van der Waals surface area (Å²) in [5.41, 5.74) is 1.12. The summed E-state index contributed by atoms with van der Waals surface area (Å²) in [6.07, 6.45) is 1.17. The van der Waals surface area contributed by atoms with Gasteiger partial charge in [-0.1, -0.05) is 5.21 Å². The molecule has 0 atom stereocenters. The average molecular weight is 180 g/mol. The molecule has 2 heterocycles. The van der Waals surface area contributed by atoms with E-state index in [1.54, 1.807) is 4.68 Å². The molecule has 0 bridgehead atoms. The fourth-order valence-electron chi connectivity index (χ4n) is 1.16. The van der Waals surface area contributed by atoms with Crippen LogP contribution in [0.5, 0.6) is 0 Å². The van der Waals surface area contributed by atoms with Gasteiger partial charge < -0.3 is 0 Å². The molecule has 0 unspecified atom stereocenters. The van der Waals surface area contributed by atoms with Crippen LogP contribution in [-0.4, -0.2) is 20.0 Å². The summed E-state index contributed by atoms with van der Waals surface area (Å²) >= 11 is 0. The predicted molar refractivity (Wildman–Crippen MR) is 45.7 cm³/mol. The Labute approximate surface area is 74.4 Å². The number of rotatable bonds is 1. The molecule has 4 nitrogen and oxygen atoms in total. The van der Waals surface area contributed by atoms with Gasteiger partial charge in [0, 0.05) is 6.07 Å². The van der Waals surface area contributed by atoms with Gasteiger partial charge in [0.05, 0.1) is 12.2 Å². The second-order valence-electron chi connectivity index (χ2n) is 3.12. The number of pyridine rings is 1. The fraction of sp³-hybridized carbons (Fsp3) is 0.375. The first kappa shape index (κ1) is 8.10. The van der Waals surface area contributed by atoms with Crippen LogP contribution >= 0.6 is 0 Å². The van der Waals surface area contributed by atoms with Gasteiger partial charge in [0.25, 0.3) is 0 Å². The first-order chi connectivity index (χ1) is 6.18. The van der Waals surface area contributed by atoms with Gasteiger partial charge in [0.1, 0.15) is 11.3 Å². The standard InChI is InChI=1S/C8H9FN4/c1-5(2)13-8-7(11-12-13)3-6(9)4-10-8/h3-5H,1-2H3. The Kier molecular flexibility index (Phi) is 1.72. The Morgan fingerprint density at radius 1 is 1.46 bits per heavy atom. The second kappa shape index (κ2) is 2.76. The van der Waals surface area contributed by atoms with E-state index < -0.39 is 0 Å². The van der Waals surface area contributed by atoms with E-state index in [2.05, 4.69) is 15.3 Å². The molecule has 2 rings (SSSR count). The third kappa shape index (κ3) is 1.26. The molecule has 0 N–H and O–H groups in total. The Hall–Kier alpha value is -1.52. The SMILES string of the molecule is CC(C)n1nnc2cc(F)cnc21. The summed E-state index contributed by atoms with van der Waals surface area (Å²) in [6, 6.07) is 1.51. The Balaban J connectivity index is 2.69. The van der Waals surface area contributed by atoms with Gasteiger partial charge in [-0.3, -0.25) is 0 Å². The van der Waals surface area contributed by atoms with E-state index in [0.29, 0.717) is 11.2 Å². The van der Waals surface area contributed by atoms with Gasteiger partial charge in [-0.2, -0.15) is 0 Å². The van der Waals surface area contributed by atoms with Crippen molar-refractivity contribution in [2.75, 3.05) is 0 Å². The molecule has 5 heteroatoms. The number of nitrogens with zero attached hydrogens (tertiary/aromatic N) is 4. The molecule has 0 aliphatic carbocycles. The van der Waals surface area contributed by atoms with E-state index in [0.717, 1.165) is 0 Å². The molecule has 0 amide bonds. The van der Waals surface area contributed by atoms with Crippen LogP contribution in [0, 0.1) is 5.82 Å². The van der Waals surface area contributed by atoms with Crippen molar-refractivity contribution in [2.24, 2.45) is 0 Å². The van der Waals surface area contributed by atoms with Crippen molar-refractivity contribution in [1.82, 2.24) is 20.0 Å². The number of hydrogen-bond donors (Lipinski definition) is 0. The first-order valence-corrected chi connectivity index (χ1v) is 4.05. The zero-order chi connectivity index (χ0) is 9.42. The number of fused-ring (bicyclic) bond motifs is 1. The van der Waals surface area contributed by atoms with Crippen LogP contribution in [0.2, 0.25) is 0 Å². The van der Waals surface area contributed by atoms with Crippen molar-refractivity contribution in [3.8, 4) is 0 Å². The third-order valence-electron chi connectivity index (χ3n) is 1.77. The first-order valence-electron chi connectivity index (χ1n) is 4.05. The van der Waals surface area contributed by atoms with Crippen LogP contribution in [0.4, 0.5) is 4.39 Å². The maximum atomic E-state index is 12.7. The molecule has 0 aliphatic rings. The molecule has 2 aromatic rings. The van der Waals surface area contributed by atoms with Crippen LogP contribution in [0.15, 0.2) is 12.3 Å². The van der Waals surface area contributed by atoms with Gasteiger partial charge in [-0.05, 0) is 13.8 Å². The van der Waals surface area contributed by atoms with E-state index in [-0.39, 0.29) is 11.9 Å². The molecule has 0 saturated heterocycles. The molecule has 0 fully saturated rings. The van der Waals surface area contributed by atoms with Crippen molar-refractivity contribution in [2.45, 2.75) is 19.9 Å². The Morgan fingerprint density at radius 3 is 2.92 bits per heavy atom. The average Bonchev–Trinajstić information content (AvgIpc) is 2.46. The lowest BCUT2D eigenvalue weighted by Gasteiger charge is -2.03. The van der Waals surface area contributed by atoms with Gasteiger partial charge >= 0.3 is 0 Å². The molecular weight excluding hydrogens is 171 g/mol. The third-order valence-corrected chi connectivity index (χ3v) is 1.77. The topological polar surface area (TPSA) is 43.6 Å². The van der Waals surface area contributed by atoms with Crippen molar-refractivity contribution in [3.63, 3.8) is 0 Å². The molecule has 0 radical (unpaired) electrons. The molecule has 0 spiro atoms. The highest BCUT2D eigenvalue weighted by atomic mass is 19.1. The van der Waals surface area contributed by atoms with E-state index >= 15 is 0 Å². The summed E-state index contributed by atoms with van der Waals surface area (Å²) < 4.78 is 14.4. The smallest absolute Gasteiger partial charge is 0.178 e. The van der Waals surface area contributed by atoms with Crippen LogP contribution in [0.25, 0.3) is 11.2 Å². The highest BCUT2D eigenvalue weighted by molar-refractivity contribution is 5.69. The van der Waals surface area contributed by atoms with Crippen molar-refractivity contribution < 1.29 is 4.39 Å². The largest absolute Gasteiger partial charge is 0.232 e. The summed E-state index contributed by atoms with van der Waals surface area (Å²) in [7, 11) is 0. The molecule has 68 valence electrons. The summed E-state index contributed by atoms with van der Waals surface area (Å²) in [4.78, 5) is 3.92. The minimum atomic E-state index is -0.386. The minimum absolute atomic E-state index is 0.183. The van der Waals surface area contributed by atoms with E-state index in [1.165, 1.54) is 12.3 Å². The van der Waals surface area contributed by atoms with Crippen LogP contribution in [-0.2, 0) is 0 Å². The maximum Gasteiger partial charge on any atom is 0.178 e. The van der Waals surface area contributed by atoms with E-state index in [4.69, 9.17) is 0 Å². The van der Waals surface area contributed by atoms with E-state index in [9.17, 15) is 4.39 Å². The van der Waals surface area contributed by atoms with Crippen LogP contribution in [0.3, 0.4) is 0 Å². The minimum Gasteiger partial charge on any atom is -0.232 e. The zero-order valence-corrected chi connectivity index (χ0v) is 7.40.